The second-order valence-electron chi connectivity index (χ2n) is 6.91. The molecule has 0 atom stereocenters. The van der Waals surface area contributed by atoms with Crippen LogP contribution in [-0.2, 0) is 24.4 Å². The van der Waals surface area contributed by atoms with Gasteiger partial charge in [0.1, 0.15) is 11.5 Å². The smallest absolute Gasteiger partial charge is 0.191 e. The summed E-state index contributed by atoms with van der Waals surface area (Å²) >= 11 is 0. The van der Waals surface area contributed by atoms with Crippen molar-refractivity contribution in [2.24, 2.45) is 4.99 Å². The first-order valence-electron chi connectivity index (χ1n) is 9.98. The van der Waals surface area contributed by atoms with Crippen LogP contribution in [0.1, 0.15) is 37.5 Å². The fourth-order valence-electron chi connectivity index (χ4n) is 2.77. The molecule has 0 aliphatic heterocycles. The number of hydrogen-bond donors (Lipinski definition) is 2. The predicted molar refractivity (Wildman–Crippen MR) is 118 cm³/mol. The Morgan fingerprint density at radius 3 is 2.48 bits per heavy atom. The van der Waals surface area contributed by atoms with Crippen molar-refractivity contribution in [3.05, 3.63) is 59.2 Å². The van der Waals surface area contributed by atoms with E-state index in [4.69, 9.17) is 19.2 Å². The van der Waals surface area contributed by atoms with Gasteiger partial charge in [0.2, 0.25) is 0 Å². The quantitative estimate of drug-likeness (QED) is 0.469. The van der Waals surface area contributed by atoms with E-state index in [-0.39, 0.29) is 6.10 Å². The number of methoxy groups -OCH3 is 2. The number of ether oxygens (including phenoxy) is 3. The van der Waals surface area contributed by atoms with Gasteiger partial charge in [0, 0.05) is 24.7 Å². The van der Waals surface area contributed by atoms with Crippen LogP contribution in [0.25, 0.3) is 0 Å². The maximum atomic E-state index is 5.69. The van der Waals surface area contributed by atoms with Gasteiger partial charge in [-0.25, -0.2) is 4.99 Å². The Kier molecular flexibility index (Phi) is 9.31. The van der Waals surface area contributed by atoms with Gasteiger partial charge in [-0.15, -0.1) is 0 Å². The average molecular weight is 400 g/mol. The van der Waals surface area contributed by atoms with Crippen molar-refractivity contribution in [3.63, 3.8) is 0 Å². The number of nitrogens with zero attached hydrogens (tertiary/aromatic N) is 1. The van der Waals surface area contributed by atoms with Gasteiger partial charge >= 0.3 is 0 Å². The molecule has 29 heavy (non-hydrogen) atoms. The summed E-state index contributed by atoms with van der Waals surface area (Å²) in [5, 5.41) is 6.65. The van der Waals surface area contributed by atoms with Crippen molar-refractivity contribution in [2.75, 3.05) is 20.8 Å². The van der Waals surface area contributed by atoms with Crippen molar-refractivity contribution in [2.45, 2.75) is 46.6 Å². The SMILES string of the molecule is CCNC(=NCc1cccc(COC(C)C)c1)NCc1ccc(OC)cc1OC. The van der Waals surface area contributed by atoms with E-state index in [1.54, 1.807) is 14.2 Å². The summed E-state index contributed by atoms with van der Waals surface area (Å²) in [4.78, 5) is 4.71. The minimum Gasteiger partial charge on any atom is -0.497 e. The second-order valence-corrected chi connectivity index (χ2v) is 6.91. The Morgan fingerprint density at radius 2 is 1.79 bits per heavy atom. The highest BCUT2D eigenvalue weighted by Gasteiger charge is 2.06. The fourth-order valence-corrected chi connectivity index (χ4v) is 2.77. The second kappa shape index (κ2) is 12.0. The molecule has 2 N–H and O–H groups in total. The molecule has 0 aliphatic rings. The molecule has 2 aromatic carbocycles. The third-order valence-electron chi connectivity index (χ3n) is 4.28. The molecule has 0 spiro atoms. The summed E-state index contributed by atoms with van der Waals surface area (Å²) in [7, 11) is 3.31. The molecule has 0 aromatic heterocycles. The zero-order valence-corrected chi connectivity index (χ0v) is 18.1. The van der Waals surface area contributed by atoms with E-state index in [1.165, 1.54) is 0 Å². The van der Waals surface area contributed by atoms with Crippen LogP contribution >= 0.6 is 0 Å². The highest BCUT2D eigenvalue weighted by molar-refractivity contribution is 5.79. The molecule has 6 heteroatoms. The number of hydrogen-bond acceptors (Lipinski definition) is 4. The first-order chi connectivity index (χ1) is 14.0. The van der Waals surface area contributed by atoms with Crippen LogP contribution < -0.4 is 20.1 Å². The van der Waals surface area contributed by atoms with E-state index >= 15 is 0 Å². The Hall–Kier alpha value is -2.73. The number of benzene rings is 2. The molecule has 158 valence electrons. The molecular weight excluding hydrogens is 366 g/mol. The van der Waals surface area contributed by atoms with Gasteiger partial charge in [-0.3, -0.25) is 0 Å². The molecule has 0 radical (unpaired) electrons. The lowest BCUT2D eigenvalue weighted by Crippen LogP contribution is -2.36. The molecule has 0 heterocycles. The lowest BCUT2D eigenvalue weighted by Gasteiger charge is -2.14. The fraction of sp³-hybridized carbons (Fsp3) is 0.435. The topological polar surface area (TPSA) is 64.1 Å². The number of guanidine groups is 1. The lowest BCUT2D eigenvalue weighted by atomic mass is 10.1. The maximum absolute atomic E-state index is 5.69. The summed E-state index contributed by atoms with van der Waals surface area (Å²) in [6.07, 6.45) is 0.219. The van der Waals surface area contributed by atoms with E-state index in [9.17, 15) is 0 Å². The van der Waals surface area contributed by atoms with E-state index in [2.05, 4.69) is 35.8 Å². The van der Waals surface area contributed by atoms with Gasteiger partial charge in [-0.2, -0.15) is 0 Å². The van der Waals surface area contributed by atoms with Gasteiger partial charge in [0.25, 0.3) is 0 Å². The van der Waals surface area contributed by atoms with Crippen LogP contribution in [0.5, 0.6) is 11.5 Å². The molecule has 6 nitrogen and oxygen atoms in total. The standard InChI is InChI=1S/C23H33N3O3/c1-6-24-23(26-15-20-10-11-21(27-4)13-22(20)28-5)25-14-18-8-7-9-19(12-18)16-29-17(2)3/h7-13,17H,6,14-16H2,1-5H3,(H2,24,25,26). The molecule has 0 amide bonds. The third-order valence-corrected chi connectivity index (χ3v) is 4.28. The predicted octanol–water partition coefficient (Wildman–Crippen LogP) is 3.88. The van der Waals surface area contributed by atoms with Crippen LogP contribution in [0.4, 0.5) is 0 Å². The monoisotopic (exact) mass is 399 g/mol. The molecule has 0 fully saturated rings. The molecule has 0 bridgehead atoms. The van der Waals surface area contributed by atoms with Gasteiger partial charge in [0.15, 0.2) is 5.96 Å². The van der Waals surface area contributed by atoms with Crippen molar-refractivity contribution in [3.8, 4) is 11.5 Å². The minimum absolute atomic E-state index is 0.219. The number of rotatable bonds is 10. The molecule has 0 saturated carbocycles. The normalized spacial score (nSPS) is 11.4. The van der Waals surface area contributed by atoms with E-state index in [1.807, 2.05) is 38.1 Å². The zero-order chi connectivity index (χ0) is 21.1. The van der Waals surface area contributed by atoms with Crippen LogP contribution in [0, 0.1) is 0 Å². The third kappa shape index (κ3) is 7.66. The molecule has 0 unspecified atom stereocenters. The summed E-state index contributed by atoms with van der Waals surface area (Å²) < 4.78 is 16.4. The number of nitrogens with one attached hydrogen (secondary N) is 2. The highest BCUT2D eigenvalue weighted by Crippen LogP contribution is 2.24. The Morgan fingerprint density at radius 1 is 1.00 bits per heavy atom. The van der Waals surface area contributed by atoms with E-state index in [0.29, 0.717) is 19.7 Å². The van der Waals surface area contributed by atoms with Crippen molar-refractivity contribution in [1.29, 1.82) is 0 Å². The van der Waals surface area contributed by atoms with Crippen molar-refractivity contribution >= 4 is 5.96 Å². The summed E-state index contributed by atoms with van der Waals surface area (Å²) in [5.41, 5.74) is 3.34. The Labute approximate surface area is 174 Å². The van der Waals surface area contributed by atoms with Crippen molar-refractivity contribution < 1.29 is 14.2 Å². The van der Waals surface area contributed by atoms with Crippen LogP contribution in [-0.4, -0.2) is 32.8 Å². The van der Waals surface area contributed by atoms with Gasteiger partial charge in [-0.1, -0.05) is 24.3 Å². The average Bonchev–Trinajstić information content (AvgIpc) is 2.74. The Bertz CT molecular complexity index is 791. The molecule has 2 rings (SSSR count). The van der Waals surface area contributed by atoms with Gasteiger partial charge in [0.05, 0.1) is 33.5 Å². The molecule has 2 aromatic rings. The highest BCUT2D eigenvalue weighted by atomic mass is 16.5. The van der Waals surface area contributed by atoms with Gasteiger partial charge in [-0.05, 0) is 44.0 Å². The maximum Gasteiger partial charge on any atom is 0.191 e. The lowest BCUT2D eigenvalue weighted by molar-refractivity contribution is 0.0657. The van der Waals surface area contributed by atoms with Crippen molar-refractivity contribution in [1.82, 2.24) is 10.6 Å². The molecule has 0 aliphatic carbocycles. The molecule has 0 saturated heterocycles. The minimum atomic E-state index is 0.219. The molecular formula is C23H33N3O3. The first kappa shape index (κ1) is 22.6. The zero-order valence-electron chi connectivity index (χ0n) is 18.1. The first-order valence-corrected chi connectivity index (χ1v) is 9.98. The van der Waals surface area contributed by atoms with Crippen LogP contribution in [0.3, 0.4) is 0 Å². The van der Waals surface area contributed by atoms with Crippen LogP contribution in [0.2, 0.25) is 0 Å². The van der Waals surface area contributed by atoms with E-state index in [0.717, 1.165) is 40.7 Å². The van der Waals surface area contributed by atoms with E-state index < -0.39 is 0 Å². The largest absolute Gasteiger partial charge is 0.497 e. The summed E-state index contributed by atoms with van der Waals surface area (Å²) in [6, 6.07) is 14.1. The summed E-state index contributed by atoms with van der Waals surface area (Å²) in [6.45, 7) is 8.72. The number of aliphatic imine (C=N–C) groups is 1. The summed E-state index contributed by atoms with van der Waals surface area (Å²) in [5.74, 6) is 2.31. The van der Waals surface area contributed by atoms with Gasteiger partial charge < -0.3 is 24.8 Å². The Balaban J connectivity index is 2.02. The van der Waals surface area contributed by atoms with Crippen LogP contribution in [0.15, 0.2) is 47.5 Å².